The minimum atomic E-state index is -2.20. The average Bonchev–Trinajstić information content (AvgIpc) is 2.88. The second kappa shape index (κ2) is 9.28. The molecule has 0 saturated carbocycles. The number of amides is 1. The van der Waals surface area contributed by atoms with Crippen molar-refractivity contribution in [2.45, 2.75) is 36.6 Å². The van der Waals surface area contributed by atoms with Crippen molar-refractivity contribution in [1.82, 2.24) is 5.32 Å². The van der Waals surface area contributed by atoms with Gasteiger partial charge in [0, 0.05) is 6.42 Å². The van der Waals surface area contributed by atoms with Gasteiger partial charge in [-0.15, -0.1) is 0 Å². The SMILES string of the molecule is O=C(O)CNC(=O)[C@H](Cc1ccc(O)cc1)[NH2+]C[C@@]1(O)O[C@H](CO)[C@@H](O)[C@@H]1O. The van der Waals surface area contributed by atoms with E-state index in [0.717, 1.165) is 0 Å². The molecule has 1 aliphatic rings. The fourth-order valence-electron chi connectivity index (χ4n) is 2.96. The Morgan fingerprint density at radius 2 is 1.89 bits per heavy atom. The maximum atomic E-state index is 12.4. The van der Waals surface area contributed by atoms with Crippen molar-refractivity contribution in [1.29, 1.82) is 0 Å². The lowest BCUT2D eigenvalue weighted by atomic mass is 10.0. The molecule has 1 heterocycles. The van der Waals surface area contributed by atoms with Gasteiger partial charge in [-0.2, -0.15) is 0 Å². The number of phenolic OH excluding ortho intramolecular Hbond substituents is 1. The first-order valence-electron chi connectivity index (χ1n) is 8.64. The van der Waals surface area contributed by atoms with Gasteiger partial charge in [0.25, 0.3) is 5.91 Å². The van der Waals surface area contributed by atoms with E-state index in [1.165, 1.54) is 17.4 Å². The molecule has 2 rings (SSSR count). The number of nitrogens with two attached hydrogens (primary N) is 1. The van der Waals surface area contributed by atoms with Gasteiger partial charge in [-0.1, -0.05) is 12.1 Å². The summed E-state index contributed by atoms with van der Waals surface area (Å²) in [6, 6.07) is 5.14. The molecular weight excluding hydrogens is 376 g/mol. The summed E-state index contributed by atoms with van der Waals surface area (Å²) < 4.78 is 5.13. The van der Waals surface area contributed by atoms with Crippen LogP contribution in [0.2, 0.25) is 0 Å². The van der Waals surface area contributed by atoms with Crippen LogP contribution in [0.4, 0.5) is 0 Å². The molecule has 9 N–H and O–H groups in total. The lowest BCUT2D eigenvalue weighted by molar-refractivity contribution is -0.697. The number of rotatable bonds is 9. The van der Waals surface area contributed by atoms with E-state index in [2.05, 4.69) is 5.32 Å². The molecule has 0 bridgehead atoms. The quantitative estimate of drug-likeness (QED) is 0.203. The number of aliphatic hydroxyl groups excluding tert-OH is 3. The minimum Gasteiger partial charge on any atom is -0.508 e. The van der Waals surface area contributed by atoms with Crippen LogP contribution in [0.25, 0.3) is 0 Å². The molecule has 0 radical (unpaired) electrons. The summed E-state index contributed by atoms with van der Waals surface area (Å²) in [6.45, 7) is -1.56. The molecule has 28 heavy (non-hydrogen) atoms. The Hall–Kier alpha value is -2.28. The predicted molar refractivity (Wildman–Crippen MR) is 92.0 cm³/mol. The fourth-order valence-corrected chi connectivity index (χ4v) is 2.96. The number of carbonyl (C=O) groups excluding carboxylic acids is 1. The summed E-state index contributed by atoms with van der Waals surface area (Å²) in [6.07, 6.45) is -4.24. The topological polar surface area (TPSA) is 193 Å². The highest BCUT2D eigenvalue weighted by Gasteiger charge is 2.54. The van der Waals surface area contributed by atoms with Crippen molar-refractivity contribution in [2.75, 3.05) is 19.7 Å². The summed E-state index contributed by atoms with van der Waals surface area (Å²) in [5.41, 5.74) is 0.665. The van der Waals surface area contributed by atoms with Gasteiger partial charge >= 0.3 is 5.97 Å². The fraction of sp³-hybridized carbons (Fsp3) is 0.529. The van der Waals surface area contributed by atoms with E-state index in [1.54, 1.807) is 12.1 Å². The molecule has 0 aliphatic carbocycles. The van der Waals surface area contributed by atoms with Crippen molar-refractivity contribution in [2.24, 2.45) is 0 Å². The molecule has 0 spiro atoms. The van der Waals surface area contributed by atoms with E-state index in [0.29, 0.717) is 5.56 Å². The van der Waals surface area contributed by atoms with Gasteiger partial charge in [0.05, 0.1) is 6.61 Å². The van der Waals surface area contributed by atoms with Crippen molar-refractivity contribution < 1.29 is 50.3 Å². The van der Waals surface area contributed by atoms with Crippen LogP contribution < -0.4 is 10.6 Å². The second-order valence-corrected chi connectivity index (χ2v) is 6.65. The first-order valence-corrected chi connectivity index (χ1v) is 8.64. The Bertz CT molecular complexity index is 684. The zero-order valence-electron chi connectivity index (χ0n) is 14.9. The monoisotopic (exact) mass is 401 g/mol. The number of hydrogen-bond acceptors (Lipinski definition) is 8. The smallest absolute Gasteiger partial charge is 0.322 e. The number of hydrogen-bond donors (Lipinski definition) is 8. The Balaban J connectivity index is 2.09. The predicted octanol–water partition coefficient (Wildman–Crippen LogP) is -4.13. The van der Waals surface area contributed by atoms with E-state index in [9.17, 15) is 30.0 Å². The highest BCUT2D eigenvalue weighted by atomic mass is 16.7. The number of aromatic hydroxyl groups is 1. The number of carbonyl (C=O) groups is 2. The van der Waals surface area contributed by atoms with Crippen molar-refractivity contribution in [3.63, 3.8) is 0 Å². The number of aliphatic hydroxyl groups is 4. The van der Waals surface area contributed by atoms with Crippen molar-refractivity contribution in [3.05, 3.63) is 29.8 Å². The summed E-state index contributed by atoms with van der Waals surface area (Å²) in [5, 5.41) is 61.1. The molecule has 156 valence electrons. The molecule has 1 aliphatic heterocycles. The van der Waals surface area contributed by atoms with E-state index in [1.807, 2.05) is 0 Å². The molecule has 1 amide bonds. The number of carboxylic acids is 1. The molecule has 5 atom stereocenters. The van der Waals surface area contributed by atoms with Crippen LogP contribution >= 0.6 is 0 Å². The lowest BCUT2D eigenvalue weighted by Crippen LogP contribution is -2.96. The average molecular weight is 401 g/mol. The van der Waals surface area contributed by atoms with Crippen LogP contribution in [0.15, 0.2) is 24.3 Å². The van der Waals surface area contributed by atoms with Gasteiger partial charge in [-0.3, -0.25) is 9.59 Å². The van der Waals surface area contributed by atoms with Crippen LogP contribution in [0.3, 0.4) is 0 Å². The Labute approximate surface area is 160 Å². The summed E-state index contributed by atoms with van der Waals surface area (Å²) in [7, 11) is 0. The van der Waals surface area contributed by atoms with Crippen LogP contribution in [-0.2, 0) is 20.7 Å². The number of ether oxygens (including phenoxy) is 1. The van der Waals surface area contributed by atoms with Gasteiger partial charge < -0.3 is 46.0 Å². The lowest BCUT2D eigenvalue weighted by Gasteiger charge is -2.26. The Morgan fingerprint density at radius 1 is 1.25 bits per heavy atom. The molecule has 1 saturated heterocycles. The Kier molecular flexibility index (Phi) is 7.29. The van der Waals surface area contributed by atoms with Gasteiger partial charge in [0.1, 0.15) is 37.2 Å². The molecule has 1 fully saturated rings. The van der Waals surface area contributed by atoms with E-state index in [-0.39, 0.29) is 18.7 Å². The summed E-state index contributed by atoms with van der Waals surface area (Å²) in [5.74, 6) is -4.00. The highest BCUT2D eigenvalue weighted by Crippen LogP contribution is 2.27. The zero-order chi connectivity index (χ0) is 20.9. The second-order valence-electron chi connectivity index (χ2n) is 6.65. The Morgan fingerprint density at radius 3 is 2.43 bits per heavy atom. The maximum absolute atomic E-state index is 12.4. The third kappa shape index (κ3) is 5.38. The minimum absolute atomic E-state index is 0.0421. The molecule has 11 nitrogen and oxygen atoms in total. The molecule has 1 aromatic rings. The normalized spacial score (nSPS) is 28.1. The molecule has 1 aromatic carbocycles. The molecule has 11 heteroatoms. The largest absolute Gasteiger partial charge is 0.508 e. The number of quaternary nitrogens is 1. The van der Waals surface area contributed by atoms with E-state index in [4.69, 9.17) is 14.9 Å². The van der Waals surface area contributed by atoms with E-state index >= 15 is 0 Å². The first-order chi connectivity index (χ1) is 13.2. The number of phenols is 1. The molecule has 0 aromatic heterocycles. The molecular formula is C17H25N2O9+. The van der Waals surface area contributed by atoms with Gasteiger partial charge in [0.15, 0.2) is 6.04 Å². The van der Waals surface area contributed by atoms with Crippen LogP contribution in [0.5, 0.6) is 5.75 Å². The highest BCUT2D eigenvalue weighted by molar-refractivity contribution is 5.84. The van der Waals surface area contributed by atoms with Gasteiger partial charge in [-0.25, -0.2) is 0 Å². The first kappa shape index (κ1) is 22.0. The zero-order valence-corrected chi connectivity index (χ0v) is 14.9. The number of nitrogens with one attached hydrogen (secondary N) is 1. The number of benzene rings is 1. The number of carboxylic acid groups (broad SMARTS) is 1. The van der Waals surface area contributed by atoms with Gasteiger partial charge in [-0.05, 0) is 17.7 Å². The maximum Gasteiger partial charge on any atom is 0.322 e. The third-order valence-corrected chi connectivity index (χ3v) is 4.54. The third-order valence-electron chi connectivity index (χ3n) is 4.54. The number of aliphatic carboxylic acids is 1. The van der Waals surface area contributed by atoms with Crippen LogP contribution in [-0.4, -0.2) is 92.4 Å². The molecule has 0 unspecified atom stereocenters. The summed E-state index contributed by atoms with van der Waals surface area (Å²) in [4.78, 5) is 23.1. The van der Waals surface area contributed by atoms with Crippen molar-refractivity contribution >= 4 is 11.9 Å². The van der Waals surface area contributed by atoms with E-state index < -0.39 is 55.2 Å². The standard InChI is InChI=1S/C17H24N2O9/c20-7-12-14(24)15(25)17(27,28-12)8-19-11(16(26)18-6-13(22)23)5-9-1-3-10(21)4-2-9/h1-4,11-12,14-15,19-21,24-25,27H,5-8H2,(H,18,26)(H,22,23)/p+1/t11-,12+,14+,15-,17+/m0/s1. The van der Waals surface area contributed by atoms with Crippen LogP contribution in [0.1, 0.15) is 5.56 Å². The summed E-state index contributed by atoms with van der Waals surface area (Å²) >= 11 is 0. The van der Waals surface area contributed by atoms with Crippen molar-refractivity contribution in [3.8, 4) is 5.75 Å². The van der Waals surface area contributed by atoms with Crippen LogP contribution in [0, 0.1) is 0 Å². The van der Waals surface area contributed by atoms with Gasteiger partial charge in [0.2, 0.25) is 5.79 Å².